The maximum absolute atomic E-state index is 11.9. The van der Waals surface area contributed by atoms with Crippen molar-refractivity contribution in [2.45, 2.75) is 24.7 Å². The third-order valence-corrected chi connectivity index (χ3v) is 3.61. The van der Waals surface area contributed by atoms with Crippen LogP contribution in [0.3, 0.4) is 0 Å². The lowest BCUT2D eigenvalue weighted by Crippen LogP contribution is -2.63. The number of β-amino-alcohol motifs (C(OH)–C–C–N with tert-alkyl or cyclic N) is 1. The summed E-state index contributed by atoms with van der Waals surface area (Å²) >= 11 is 0. The highest BCUT2D eigenvalue weighted by Crippen LogP contribution is 2.28. The Bertz CT molecular complexity index is 284. The Morgan fingerprint density at radius 3 is 2.31 bits per heavy atom. The van der Waals surface area contributed by atoms with Gasteiger partial charge in [-0.25, -0.2) is 8.42 Å². The summed E-state index contributed by atoms with van der Waals surface area (Å²) in [4.78, 5) is 0. The molecule has 1 fully saturated rings. The molecule has 4 nitrogen and oxygen atoms in total. The number of halogens is 2. The van der Waals surface area contributed by atoms with Crippen molar-refractivity contribution in [1.29, 1.82) is 0 Å². The maximum atomic E-state index is 11.9. The molecule has 0 aliphatic carbocycles. The van der Waals surface area contributed by atoms with E-state index in [-0.39, 0.29) is 13.1 Å². The number of sulfonamides is 1. The van der Waals surface area contributed by atoms with Crippen molar-refractivity contribution in [3.05, 3.63) is 0 Å². The third-order valence-electron chi connectivity index (χ3n) is 2.18. The molecule has 0 aromatic rings. The van der Waals surface area contributed by atoms with E-state index < -0.39 is 21.4 Å². The lowest BCUT2D eigenvalue weighted by molar-refractivity contribution is -0.0633. The fourth-order valence-corrected chi connectivity index (χ4v) is 2.19. The molecule has 1 heterocycles. The van der Waals surface area contributed by atoms with Crippen LogP contribution in [0, 0.1) is 0 Å². The Kier molecular flexibility index (Phi) is 2.61. The van der Waals surface area contributed by atoms with E-state index in [9.17, 15) is 22.3 Å². The van der Waals surface area contributed by atoms with E-state index in [4.69, 9.17) is 0 Å². The van der Waals surface area contributed by atoms with Crippen molar-refractivity contribution in [3.63, 3.8) is 0 Å². The van der Waals surface area contributed by atoms with Crippen LogP contribution in [0.25, 0.3) is 0 Å². The van der Waals surface area contributed by atoms with E-state index >= 15 is 0 Å². The number of alkyl halides is 2. The van der Waals surface area contributed by atoms with Gasteiger partial charge in [0.25, 0.3) is 10.0 Å². The number of rotatable bonds is 3. The van der Waals surface area contributed by atoms with Gasteiger partial charge in [-0.1, -0.05) is 6.92 Å². The summed E-state index contributed by atoms with van der Waals surface area (Å²) in [6, 6.07) is 0. The minimum Gasteiger partial charge on any atom is -0.387 e. The zero-order valence-corrected chi connectivity index (χ0v) is 7.89. The predicted octanol–water partition coefficient (Wildman–Crippen LogP) is -0.00450. The molecular formula is C6H11F2NO3S. The van der Waals surface area contributed by atoms with Gasteiger partial charge in [0.15, 0.2) is 0 Å². The van der Waals surface area contributed by atoms with E-state index in [1.54, 1.807) is 6.92 Å². The summed E-state index contributed by atoms with van der Waals surface area (Å²) < 4.78 is 46.0. The average Bonchev–Trinajstić information content (AvgIpc) is 1.98. The quantitative estimate of drug-likeness (QED) is 0.720. The molecule has 0 spiro atoms. The van der Waals surface area contributed by atoms with Gasteiger partial charge < -0.3 is 5.11 Å². The highest BCUT2D eigenvalue weighted by atomic mass is 32.2. The summed E-state index contributed by atoms with van der Waals surface area (Å²) in [7, 11) is -4.48. The summed E-state index contributed by atoms with van der Waals surface area (Å²) in [6.07, 6.45) is 0.363. The molecule has 1 saturated heterocycles. The Morgan fingerprint density at radius 2 is 2.00 bits per heavy atom. The van der Waals surface area contributed by atoms with Gasteiger partial charge >= 0.3 is 5.76 Å². The molecule has 0 atom stereocenters. The van der Waals surface area contributed by atoms with Crippen LogP contribution in [-0.4, -0.2) is 42.3 Å². The smallest absolute Gasteiger partial charge is 0.350 e. The first-order valence-corrected chi connectivity index (χ1v) is 5.32. The summed E-state index contributed by atoms with van der Waals surface area (Å²) in [6.45, 7) is 1.22. The summed E-state index contributed by atoms with van der Waals surface area (Å²) in [5.41, 5.74) is -1.11. The molecular weight excluding hydrogens is 204 g/mol. The molecule has 1 aliphatic heterocycles. The fourth-order valence-electron chi connectivity index (χ4n) is 1.13. The minimum absolute atomic E-state index is 0.226. The van der Waals surface area contributed by atoms with Crippen molar-refractivity contribution < 1.29 is 22.3 Å². The topological polar surface area (TPSA) is 57.6 Å². The van der Waals surface area contributed by atoms with Crippen molar-refractivity contribution >= 4 is 10.0 Å². The Balaban J connectivity index is 2.63. The van der Waals surface area contributed by atoms with E-state index in [1.165, 1.54) is 0 Å². The zero-order valence-electron chi connectivity index (χ0n) is 7.07. The predicted molar refractivity (Wildman–Crippen MR) is 41.7 cm³/mol. The van der Waals surface area contributed by atoms with Crippen LogP contribution in [0.2, 0.25) is 0 Å². The first kappa shape index (κ1) is 10.8. The number of aliphatic hydroxyl groups is 1. The Morgan fingerprint density at radius 1 is 1.54 bits per heavy atom. The van der Waals surface area contributed by atoms with Gasteiger partial charge in [-0.05, 0) is 6.42 Å². The van der Waals surface area contributed by atoms with Crippen molar-refractivity contribution in [2.75, 3.05) is 13.1 Å². The van der Waals surface area contributed by atoms with Gasteiger partial charge in [-0.15, -0.1) is 0 Å². The molecule has 1 aliphatic rings. The number of hydrogen-bond donors (Lipinski definition) is 1. The molecule has 7 heteroatoms. The van der Waals surface area contributed by atoms with E-state index in [0.29, 0.717) is 10.7 Å². The standard InChI is InChI=1S/C6H11F2NO3S/c1-2-6(10)3-9(4-6)13(11,12)5(7)8/h5,10H,2-4H2,1H3. The number of hydrogen-bond acceptors (Lipinski definition) is 3. The van der Waals surface area contributed by atoms with Gasteiger partial charge in [0.2, 0.25) is 0 Å². The van der Waals surface area contributed by atoms with Crippen LogP contribution in [-0.2, 0) is 10.0 Å². The van der Waals surface area contributed by atoms with Gasteiger partial charge in [-0.3, -0.25) is 0 Å². The molecule has 0 radical (unpaired) electrons. The Hall–Kier alpha value is -0.270. The first-order valence-electron chi connectivity index (χ1n) is 3.81. The van der Waals surface area contributed by atoms with Gasteiger partial charge in [-0.2, -0.15) is 13.1 Å². The molecule has 0 saturated carbocycles. The normalized spacial score (nSPS) is 23.2. The second-order valence-corrected chi connectivity index (χ2v) is 5.05. The minimum atomic E-state index is -4.48. The van der Waals surface area contributed by atoms with E-state index in [1.807, 2.05) is 0 Å². The monoisotopic (exact) mass is 215 g/mol. The largest absolute Gasteiger partial charge is 0.387 e. The second kappa shape index (κ2) is 3.14. The number of nitrogens with zero attached hydrogens (tertiary/aromatic N) is 1. The van der Waals surface area contributed by atoms with Crippen molar-refractivity contribution in [3.8, 4) is 0 Å². The first-order chi connectivity index (χ1) is 5.82. The molecule has 0 aromatic carbocycles. The molecule has 0 aromatic heterocycles. The zero-order chi connectivity index (χ0) is 10.3. The van der Waals surface area contributed by atoms with Crippen LogP contribution >= 0.6 is 0 Å². The lowest BCUT2D eigenvalue weighted by atomic mass is 9.94. The maximum Gasteiger partial charge on any atom is 0.350 e. The highest BCUT2D eigenvalue weighted by Gasteiger charge is 2.48. The van der Waals surface area contributed by atoms with Crippen LogP contribution in [0.4, 0.5) is 8.78 Å². The lowest BCUT2D eigenvalue weighted by Gasteiger charge is -2.44. The highest BCUT2D eigenvalue weighted by molar-refractivity contribution is 7.89. The molecule has 13 heavy (non-hydrogen) atoms. The Labute approximate surface area is 75.2 Å². The summed E-state index contributed by atoms with van der Waals surface area (Å²) in [5.74, 6) is -3.39. The van der Waals surface area contributed by atoms with Gasteiger partial charge in [0.05, 0.1) is 5.60 Å². The van der Waals surface area contributed by atoms with E-state index in [0.717, 1.165) is 0 Å². The van der Waals surface area contributed by atoms with Crippen LogP contribution in [0.5, 0.6) is 0 Å². The molecule has 1 rings (SSSR count). The summed E-state index contributed by atoms with van der Waals surface area (Å²) in [5, 5.41) is 9.38. The molecule has 78 valence electrons. The molecule has 0 amide bonds. The molecule has 0 bridgehead atoms. The fraction of sp³-hybridized carbons (Fsp3) is 1.00. The third kappa shape index (κ3) is 1.82. The van der Waals surface area contributed by atoms with Crippen molar-refractivity contribution in [1.82, 2.24) is 4.31 Å². The molecule has 1 N–H and O–H groups in total. The van der Waals surface area contributed by atoms with Crippen LogP contribution < -0.4 is 0 Å². The van der Waals surface area contributed by atoms with Gasteiger partial charge in [0.1, 0.15) is 0 Å². The van der Waals surface area contributed by atoms with Crippen LogP contribution in [0.1, 0.15) is 13.3 Å². The SMILES string of the molecule is CCC1(O)CN(S(=O)(=O)C(F)F)C1. The second-order valence-electron chi connectivity index (χ2n) is 3.15. The van der Waals surface area contributed by atoms with Crippen molar-refractivity contribution in [2.24, 2.45) is 0 Å². The molecule has 0 unspecified atom stereocenters. The van der Waals surface area contributed by atoms with Gasteiger partial charge in [0, 0.05) is 13.1 Å². The van der Waals surface area contributed by atoms with Crippen LogP contribution in [0.15, 0.2) is 0 Å². The average molecular weight is 215 g/mol. The van der Waals surface area contributed by atoms with E-state index in [2.05, 4.69) is 0 Å².